The standard InChI is InChI=1S/C19H21N3O4S/c1-10(2)22-6-5-12-15(8-22)27-19(16(12)17(20)23)21-18(24)11-3-4-13-14(7-11)26-9-25-13/h3-4,7,10H,5-6,8-9H2,1-2H3,(H2,20,23)(H,21,24). The van der Waals surface area contributed by atoms with Gasteiger partial charge in [-0.05, 0) is 44.0 Å². The first kappa shape index (κ1) is 17.8. The Balaban J connectivity index is 1.62. The van der Waals surface area contributed by atoms with Crippen LogP contribution in [0, 0.1) is 0 Å². The fourth-order valence-electron chi connectivity index (χ4n) is 3.43. The van der Waals surface area contributed by atoms with E-state index in [1.807, 2.05) is 0 Å². The first-order valence-electron chi connectivity index (χ1n) is 8.83. The molecule has 4 rings (SSSR count). The Bertz CT molecular complexity index is 922. The summed E-state index contributed by atoms with van der Waals surface area (Å²) in [6.07, 6.45) is 0.752. The highest BCUT2D eigenvalue weighted by molar-refractivity contribution is 7.17. The summed E-state index contributed by atoms with van der Waals surface area (Å²) in [5.41, 5.74) is 7.47. The number of carbonyl (C=O) groups is 2. The van der Waals surface area contributed by atoms with Crippen molar-refractivity contribution in [3.8, 4) is 11.5 Å². The summed E-state index contributed by atoms with van der Waals surface area (Å²) in [5.74, 6) is 0.335. The molecule has 2 aromatic rings. The third kappa shape index (κ3) is 3.26. The van der Waals surface area contributed by atoms with Crippen molar-refractivity contribution in [3.63, 3.8) is 0 Å². The number of fused-ring (bicyclic) bond motifs is 2. The zero-order chi connectivity index (χ0) is 19.1. The minimum absolute atomic E-state index is 0.149. The second-order valence-corrected chi connectivity index (χ2v) is 8.01. The fraction of sp³-hybridized carbons (Fsp3) is 0.368. The third-order valence-corrected chi connectivity index (χ3v) is 6.06. The Hall–Kier alpha value is -2.58. The van der Waals surface area contributed by atoms with Crippen LogP contribution in [0.25, 0.3) is 0 Å². The molecule has 0 saturated heterocycles. The summed E-state index contributed by atoms with van der Waals surface area (Å²) in [6.45, 7) is 6.08. The number of anilines is 1. The number of hydrogen-bond donors (Lipinski definition) is 2. The second-order valence-electron chi connectivity index (χ2n) is 6.91. The maximum absolute atomic E-state index is 12.7. The van der Waals surface area contributed by atoms with E-state index in [0.717, 1.165) is 30.0 Å². The van der Waals surface area contributed by atoms with Gasteiger partial charge in [0.2, 0.25) is 6.79 Å². The van der Waals surface area contributed by atoms with Crippen molar-refractivity contribution in [1.82, 2.24) is 4.90 Å². The van der Waals surface area contributed by atoms with Gasteiger partial charge in [0.1, 0.15) is 5.00 Å². The van der Waals surface area contributed by atoms with Gasteiger partial charge in [-0.2, -0.15) is 0 Å². The van der Waals surface area contributed by atoms with Gasteiger partial charge in [0.15, 0.2) is 11.5 Å². The van der Waals surface area contributed by atoms with Gasteiger partial charge in [-0.25, -0.2) is 0 Å². The highest BCUT2D eigenvalue weighted by Crippen LogP contribution is 2.38. The zero-order valence-corrected chi connectivity index (χ0v) is 16.0. The van der Waals surface area contributed by atoms with Gasteiger partial charge in [0, 0.05) is 29.6 Å². The molecule has 0 unspecified atom stereocenters. The smallest absolute Gasteiger partial charge is 0.256 e. The van der Waals surface area contributed by atoms with Crippen molar-refractivity contribution in [2.45, 2.75) is 32.9 Å². The Kier molecular flexibility index (Phi) is 4.53. The highest BCUT2D eigenvalue weighted by atomic mass is 32.1. The number of hydrogen-bond acceptors (Lipinski definition) is 6. The number of rotatable bonds is 4. The highest BCUT2D eigenvalue weighted by Gasteiger charge is 2.29. The minimum atomic E-state index is -0.508. The molecule has 2 aliphatic rings. The SMILES string of the molecule is CC(C)N1CCc2c(sc(NC(=O)c3ccc4c(c3)OCO4)c2C(N)=O)C1. The number of thiophene rings is 1. The van der Waals surface area contributed by atoms with Crippen molar-refractivity contribution in [1.29, 1.82) is 0 Å². The Morgan fingerprint density at radius 3 is 2.78 bits per heavy atom. The molecule has 2 amide bonds. The molecule has 0 fully saturated rings. The zero-order valence-electron chi connectivity index (χ0n) is 15.2. The number of ether oxygens (including phenoxy) is 2. The van der Waals surface area contributed by atoms with Crippen LogP contribution in [0.3, 0.4) is 0 Å². The molecule has 3 heterocycles. The van der Waals surface area contributed by atoms with Gasteiger partial charge >= 0.3 is 0 Å². The van der Waals surface area contributed by atoms with Gasteiger partial charge in [-0.3, -0.25) is 14.5 Å². The average Bonchev–Trinajstić information content (AvgIpc) is 3.23. The maximum atomic E-state index is 12.7. The van der Waals surface area contributed by atoms with Gasteiger partial charge in [-0.1, -0.05) is 0 Å². The monoisotopic (exact) mass is 387 g/mol. The van der Waals surface area contributed by atoms with Gasteiger partial charge in [0.05, 0.1) is 5.56 Å². The molecule has 1 aromatic heterocycles. The van der Waals surface area contributed by atoms with Crippen LogP contribution in [-0.2, 0) is 13.0 Å². The number of nitrogens with two attached hydrogens (primary N) is 1. The molecule has 0 saturated carbocycles. The third-order valence-electron chi connectivity index (χ3n) is 4.92. The first-order chi connectivity index (χ1) is 12.9. The normalized spacial score (nSPS) is 15.7. The van der Waals surface area contributed by atoms with Crippen molar-refractivity contribution in [3.05, 3.63) is 39.8 Å². The van der Waals surface area contributed by atoms with Crippen molar-refractivity contribution >= 4 is 28.2 Å². The molecule has 0 spiro atoms. The van der Waals surface area contributed by atoms with Crippen LogP contribution in [0.15, 0.2) is 18.2 Å². The van der Waals surface area contributed by atoms with Crippen LogP contribution in [0.4, 0.5) is 5.00 Å². The molecule has 3 N–H and O–H groups in total. The van der Waals surface area contributed by atoms with Crippen LogP contribution in [-0.4, -0.2) is 36.1 Å². The van der Waals surface area contributed by atoms with Crippen molar-refractivity contribution in [2.24, 2.45) is 5.73 Å². The Morgan fingerprint density at radius 1 is 1.26 bits per heavy atom. The average molecular weight is 387 g/mol. The number of nitrogens with zero attached hydrogens (tertiary/aromatic N) is 1. The van der Waals surface area contributed by atoms with Crippen LogP contribution in [0.1, 0.15) is 45.0 Å². The quantitative estimate of drug-likeness (QED) is 0.841. The molecular formula is C19H21N3O4S. The molecule has 0 atom stereocenters. The lowest BCUT2D eigenvalue weighted by atomic mass is 10.0. The summed E-state index contributed by atoms with van der Waals surface area (Å²) in [4.78, 5) is 28.2. The molecule has 142 valence electrons. The summed E-state index contributed by atoms with van der Waals surface area (Å²) >= 11 is 1.43. The van der Waals surface area contributed by atoms with E-state index in [4.69, 9.17) is 15.2 Å². The molecule has 0 radical (unpaired) electrons. The van der Waals surface area contributed by atoms with E-state index in [9.17, 15) is 9.59 Å². The summed E-state index contributed by atoms with van der Waals surface area (Å²) < 4.78 is 10.6. The number of primary amides is 1. The fourth-order valence-corrected chi connectivity index (χ4v) is 4.70. The van der Waals surface area contributed by atoms with Crippen LogP contribution in [0.5, 0.6) is 11.5 Å². The van der Waals surface area contributed by atoms with E-state index in [2.05, 4.69) is 24.1 Å². The van der Waals surface area contributed by atoms with Gasteiger partial charge < -0.3 is 20.5 Å². The van der Waals surface area contributed by atoms with E-state index in [0.29, 0.717) is 33.7 Å². The van der Waals surface area contributed by atoms with Crippen molar-refractivity contribution < 1.29 is 19.1 Å². The van der Waals surface area contributed by atoms with Crippen LogP contribution < -0.4 is 20.5 Å². The number of benzene rings is 1. The first-order valence-corrected chi connectivity index (χ1v) is 9.65. The second kappa shape index (κ2) is 6.86. The summed E-state index contributed by atoms with van der Waals surface area (Å²) in [6, 6.07) is 5.42. The lowest BCUT2D eigenvalue weighted by Crippen LogP contribution is -2.35. The Morgan fingerprint density at radius 2 is 2.04 bits per heavy atom. The van der Waals surface area contributed by atoms with E-state index >= 15 is 0 Å². The number of nitrogens with one attached hydrogen (secondary N) is 1. The molecular weight excluding hydrogens is 366 g/mol. The number of carbonyl (C=O) groups excluding carboxylic acids is 2. The lowest BCUT2D eigenvalue weighted by molar-refractivity contribution is 0.0999. The largest absolute Gasteiger partial charge is 0.454 e. The predicted octanol–water partition coefficient (Wildman–Crippen LogP) is 2.59. The molecule has 27 heavy (non-hydrogen) atoms. The van der Waals surface area contributed by atoms with E-state index < -0.39 is 5.91 Å². The van der Waals surface area contributed by atoms with E-state index in [1.54, 1.807) is 18.2 Å². The summed E-state index contributed by atoms with van der Waals surface area (Å²) in [7, 11) is 0. The maximum Gasteiger partial charge on any atom is 0.256 e. The molecule has 0 bridgehead atoms. The summed E-state index contributed by atoms with van der Waals surface area (Å²) in [5, 5.41) is 3.38. The molecule has 0 aliphatic carbocycles. The van der Waals surface area contributed by atoms with Gasteiger partial charge in [0.25, 0.3) is 11.8 Å². The molecule has 7 nitrogen and oxygen atoms in total. The Labute approximate surface area is 161 Å². The van der Waals surface area contributed by atoms with Crippen LogP contribution in [0.2, 0.25) is 0 Å². The van der Waals surface area contributed by atoms with E-state index in [1.165, 1.54) is 11.3 Å². The molecule has 2 aliphatic heterocycles. The molecule has 8 heteroatoms. The van der Waals surface area contributed by atoms with Crippen molar-refractivity contribution in [2.75, 3.05) is 18.7 Å². The van der Waals surface area contributed by atoms with Crippen LogP contribution >= 0.6 is 11.3 Å². The van der Waals surface area contributed by atoms with E-state index in [-0.39, 0.29) is 12.7 Å². The molecule has 1 aromatic carbocycles. The predicted molar refractivity (Wildman–Crippen MR) is 103 cm³/mol. The topological polar surface area (TPSA) is 93.9 Å². The minimum Gasteiger partial charge on any atom is -0.454 e. The number of amides is 2. The van der Waals surface area contributed by atoms with Gasteiger partial charge in [-0.15, -0.1) is 11.3 Å². The lowest BCUT2D eigenvalue weighted by Gasteiger charge is -2.30.